The molecule has 2 aromatic rings. The number of aliphatic hydroxyl groups is 2. The molecular formula is C19H22O3. The van der Waals surface area contributed by atoms with Gasteiger partial charge in [-0.3, -0.25) is 4.79 Å². The molecule has 116 valence electrons. The van der Waals surface area contributed by atoms with Crippen LogP contribution < -0.4 is 0 Å². The number of rotatable bonds is 4. The fraction of sp³-hybridized carbons (Fsp3) is 0.316. The maximum absolute atomic E-state index is 12.6. The Morgan fingerprint density at radius 2 is 1.23 bits per heavy atom. The Balaban J connectivity index is 2.58. The summed E-state index contributed by atoms with van der Waals surface area (Å²) in [6.45, 7) is 6.64. The van der Waals surface area contributed by atoms with Crippen molar-refractivity contribution in [2.75, 3.05) is 0 Å². The van der Waals surface area contributed by atoms with Crippen molar-refractivity contribution in [2.24, 2.45) is 0 Å². The summed E-state index contributed by atoms with van der Waals surface area (Å²) < 4.78 is 0. The minimum Gasteiger partial charge on any atom is -0.386 e. The zero-order chi connectivity index (χ0) is 16.5. The van der Waals surface area contributed by atoms with E-state index < -0.39 is 11.2 Å². The van der Waals surface area contributed by atoms with Gasteiger partial charge < -0.3 is 10.2 Å². The SMILES string of the molecule is CC(C)(O)c1cc(C(=O)c2ccccc2)cc(C(C)(C)O)c1. The molecule has 0 bridgehead atoms. The van der Waals surface area contributed by atoms with Crippen molar-refractivity contribution in [3.8, 4) is 0 Å². The second-order valence-corrected chi connectivity index (χ2v) is 6.61. The van der Waals surface area contributed by atoms with E-state index in [9.17, 15) is 15.0 Å². The Hall–Kier alpha value is -1.97. The summed E-state index contributed by atoms with van der Waals surface area (Å²) in [4.78, 5) is 12.6. The van der Waals surface area contributed by atoms with Gasteiger partial charge in [0.2, 0.25) is 0 Å². The summed E-state index contributed by atoms with van der Waals surface area (Å²) in [5.41, 5.74) is 0.0674. The van der Waals surface area contributed by atoms with E-state index in [1.54, 1.807) is 58.0 Å². The molecule has 0 atom stereocenters. The van der Waals surface area contributed by atoms with E-state index >= 15 is 0 Å². The van der Waals surface area contributed by atoms with Crippen LogP contribution in [0.5, 0.6) is 0 Å². The fourth-order valence-electron chi connectivity index (χ4n) is 2.22. The number of carbonyl (C=O) groups is 1. The summed E-state index contributed by atoms with van der Waals surface area (Å²) in [7, 11) is 0. The lowest BCUT2D eigenvalue weighted by Crippen LogP contribution is -2.21. The van der Waals surface area contributed by atoms with Gasteiger partial charge in [0, 0.05) is 11.1 Å². The normalized spacial score (nSPS) is 12.3. The standard InChI is InChI=1S/C19H22O3/c1-18(2,21)15-10-14(11-16(12-15)19(3,4)22)17(20)13-8-6-5-7-9-13/h5-12,21-22H,1-4H3. The van der Waals surface area contributed by atoms with E-state index in [1.165, 1.54) is 0 Å². The molecule has 2 N–H and O–H groups in total. The average Bonchev–Trinajstić information content (AvgIpc) is 2.45. The molecule has 0 aliphatic carbocycles. The van der Waals surface area contributed by atoms with Gasteiger partial charge in [-0.15, -0.1) is 0 Å². The highest BCUT2D eigenvalue weighted by Gasteiger charge is 2.24. The van der Waals surface area contributed by atoms with Crippen LogP contribution in [0.3, 0.4) is 0 Å². The van der Waals surface area contributed by atoms with Crippen LogP contribution >= 0.6 is 0 Å². The van der Waals surface area contributed by atoms with E-state index in [0.717, 1.165) is 0 Å². The van der Waals surface area contributed by atoms with Crippen molar-refractivity contribution in [2.45, 2.75) is 38.9 Å². The van der Waals surface area contributed by atoms with Crippen LogP contribution in [0.4, 0.5) is 0 Å². The van der Waals surface area contributed by atoms with E-state index in [4.69, 9.17) is 0 Å². The van der Waals surface area contributed by atoms with Gasteiger partial charge in [-0.1, -0.05) is 36.4 Å². The number of ketones is 1. The lowest BCUT2D eigenvalue weighted by atomic mass is 9.87. The third-order valence-corrected chi connectivity index (χ3v) is 3.64. The molecule has 0 aliphatic heterocycles. The van der Waals surface area contributed by atoms with Gasteiger partial charge in [-0.25, -0.2) is 0 Å². The summed E-state index contributed by atoms with van der Waals surface area (Å²) in [6.07, 6.45) is 0. The average molecular weight is 298 g/mol. The van der Waals surface area contributed by atoms with Gasteiger partial charge in [0.25, 0.3) is 0 Å². The summed E-state index contributed by atoms with van der Waals surface area (Å²) in [6, 6.07) is 14.1. The number of hydrogen-bond donors (Lipinski definition) is 2. The molecule has 0 radical (unpaired) electrons. The van der Waals surface area contributed by atoms with Gasteiger partial charge in [0.1, 0.15) is 0 Å². The van der Waals surface area contributed by atoms with Crippen LogP contribution in [-0.2, 0) is 11.2 Å². The zero-order valence-corrected chi connectivity index (χ0v) is 13.4. The molecule has 22 heavy (non-hydrogen) atoms. The molecule has 2 rings (SSSR count). The molecule has 0 saturated carbocycles. The Kier molecular flexibility index (Phi) is 4.23. The van der Waals surface area contributed by atoms with Crippen LogP contribution in [0.1, 0.15) is 54.7 Å². The van der Waals surface area contributed by atoms with E-state index in [-0.39, 0.29) is 5.78 Å². The number of hydrogen-bond acceptors (Lipinski definition) is 3. The first kappa shape index (κ1) is 16.4. The molecule has 0 aliphatic rings. The molecule has 0 heterocycles. The van der Waals surface area contributed by atoms with Crippen molar-refractivity contribution >= 4 is 5.78 Å². The molecule has 0 aromatic heterocycles. The minimum absolute atomic E-state index is 0.128. The molecule has 0 saturated heterocycles. The molecule has 0 unspecified atom stereocenters. The first-order chi connectivity index (χ1) is 10.1. The lowest BCUT2D eigenvalue weighted by Gasteiger charge is -2.24. The molecule has 0 amide bonds. The highest BCUT2D eigenvalue weighted by Crippen LogP contribution is 2.29. The van der Waals surface area contributed by atoms with Crippen molar-refractivity contribution in [3.05, 3.63) is 70.8 Å². The zero-order valence-electron chi connectivity index (χ0n) is 13.4. The van der Waals surface area contributed by atoms with Crippen LogP contribution in [0, 0.1) is 0 Å². The quantitative estimate of drug-likeness (QED) is 0.851. The first-order valence-corrected chi connectivity index (χ1v) is 7.29. The molecule has 0 spiro atoms. The van der Waals surface area contributed by atoms with Crippen molar-refractivity contribution in [1.82, 2.24) is 0 Å². The highest BCUT2D eigenvalue weighted by molar-refractivity contribution is 6.09. The van der Waals surface area contributed by atoms with Gasteiger partial charge in [-0.2, -0.15) is 0 Å². The fourth-order valence-corrected chi connectivity index (χ4v) is 2.22. The third kappa shape index (κ3) is 3.62. The summed E-state index contributed by atoms with van der Waals surface area (Å²) in [5.74, 6) is -0.128. The van der Waals surface area contributed by atoms with Gasteiger partial charge >= 0.3 is 0 Å². The molecule has 3 heteroatoms. The number of carbonyl (C=O) groups excluding carboxylic acids is 1. The van der Waals surface area contributed by atoms with Gasteiger partial charge in [0.15, 0.2) is 5.78 Å². The number of benzene rings is 2. The van der Waals surface area contributed by atoms with Crippen LogP contribution in [0.15, 0.2) is 48.5 Å². The predicted octanol–water partition coefficient (Wildman–Crippen LogP) is 3.37. The van der Waals surface area contributed by atoms with Crippen molar-refractivity contribution in [3.63, 3.8) is 0 Å². The second kappa shape index (κ2) is 5.67. The van der Waals surface area contributed by atoms with Crippen molar-refractivity contribution < 1.29 is 15.0 Å². The van der Waals surface area contributed by atoms with Crippen LogP contribution in [-0.4, -0.2) is 16.0 Å². The van der Waals surface area contributed by atoms with Crippen LogP contribution in [0.2, 0.25) is 0 Å². The Bertz CT molecular complexity index is 642. The highest BCUT2D eigenvalue weighted by atomic mass is 16.3. The third-order valence-electron chi connectivity index (χ3n) is 3.64. The largest absolute Gasteiger partial charge is 0.386 e. The predicted molar refractivity (Wildman–Crippen MR) is 86.8 cm³/mol. The smallest absolute Gasteiger partial charge is 0.193 e. The summed E-state index contributed by atoms with van der Waals surface area (Å²) in [5, 5.41) is 20.5. The molecular weight excluding hydrogens is 276 g/mol. The maximum atomic E-state index is 12.6. The second-order valence-electron chi connectivity index (χ2n) is 6.61. The van der Waals surface area contributed by atoms with E-state index in [0.29, 0.717) is 22.3 Å². The summed E-state index contributed by atoms with van der Waals surface area (Å²) >= 11 is 0. The molecule has 0 fully saturated rings. The van der Waals surface area contributed by atoms with Crippen LogP contribution in [0.25, 0.3) is 0 Å². The Morgan fingerprint density at radius 3 is 1.64 bits per heavy atom. The Morgan fingerprint density at radius 1 is 0.773 bits per heavy atom. The topological polar surface area (TPSA) is 57.5 Å². The molecule has 2 aromatic carbocycles. The lowest BCUT2D eigenvalue weighted by molar-refractivity contribution is 0.0716. The maximum Gasteiger partial charge on any atom is 0.193 e. The van der Waals surface area contributed by atoms with Gasteiger partial charge in [0.05, 0.1) is 11.2 Å². The van der Waals surface area contributed by atoms with E-state index in [1.807, 2.05) is 18.2 Å². The molecule has 3 nitrogen and oxygen atoms in total. The van der Waals surface area contributed by atoms with Gasteiger partial charge in [-0.05, 0) is 51.0 Å². The first-order valence-electron chi connectivity index (χ1n) is 7.29. The monoisotopic (exact) mass is 298 g/mol. The van der Waals surface area contributed by atoms with E-state index in [2.05, 4.69) is 0 Å². The Labute approximate surface area is 131 Å². The van der Waals surface area contributed by atoms with Crippen molar-refractivity contribution in [1.29, 1.82) is 0 Å². The minimum atomic E-state index is -1.09.